The fourth-order valence-electron chi connectivity index (χ4n) is 2.39. The Labute approximate surface area is 127 Å². The minimum Gasteiger partial charge on any atom is -0.345 e. The molecule has 0 saturated heterocycles. The Morgan fingerprint density at radius 2 is 1.25 bits per heavy atom. The van der Waals surface area contributed by atoms with E-state index in [1.165, 1.54) is 38.5 Å². The smallest absolute Gasteiger partial charge is 0.227 e. The predicted octanol–water partition coefficient (Wildman–Crippen LogP) is 5.27. The molecule has 0 aliphatic heterocycles. The molecular weight excluding hydrogens is 246 g/mol. The molecule has 120 valence electrons. The van der Waals surface area contributed by atoms with Crippen molar-refractivity contribution in [1.29, 1.82) is 0 Å². The molecule has 0 atom stereocenters. The van der Waals surface area contributed by atoms with Crippen LogP contribution in [0.4, 0.5) is 0 Å². The lowest BCUT2D eigenvalue weighted by Gasteiger charge is -2.25. The van der Waals surface area contributed by atoms with Crippen LogP contribution >= 0.6 is 0 Å². The molecule has 0 heterocycles. The van der Waals surface area contributed by atoms with E-state index in [4.69, 9.17) is 0 Å². The lowest BCUT2D eigenvalue weighted by Crippen LogP contribution is -2.37. The highest BCUT2D eigenvalue weighted by molar-refractivity contribution is 5.81. The highest BCUT2D eigenvalue weighted by Crippen LogP contribution is 2.22. The Morgan fingerprint density at radius 3 is 1.70 bits per heavy atom. The SMILES string of the molecule is CN(CCCCCCCCC(C)(C)C)C(=O)C(C)(C)C. The molecule has 1 amide bonds. The van der Waals surface area contributed by atoms with Crippen molar-refractivity contribution in [3.8, 4) is 0 Å². The second kappa shape index (κ2) is 8.69. The van der Waals surface area contributed by atoms with Gasteiger partial charge in [-0.2, -0.15) is 0 Å². The van der Waals surface area contributed by atoms with Gasteiger partial charge in [0.05, 0.1) is 0 Å². The Morgan fingerprint density at radius 1 is 0.800 bits per heavy atom. The summed E-state index contributed by atoms with van der Waals surface area (Å²) in [6.45, 7) is 13.8. The number of amides is 1. The first-order valence-electron chi connectivity index (χ1n) is 8.29. The quantitative estimate of drug-likeness (QED) is 0.556. The van der Waals surface area contributed by atoms with Crippen LogP contribution in [0.3, 0.4) is 0 Å². The van der Waals surface area contributed by atoms with E-state index in [0.29, 0.717) is 5.41 Å². The van der Waals surface area contributed by atoms with Gasteiger partial charge in [-0.3, -0.25) is 4.79 Å². The van der Waals surface area contributed by atoms with Gasteiger partial charge in [0.2, 0.25) is 5.91 Å². The molecule has 0 fully saturated rings. The second-order valence-corrected chi connectivity index (χ2v) is 8.41. The zero-order chi connectivity index (χ0) is 15.8. The van der Waals surface area contributed by atoms with E-state index in [1.54, 1.807) is 0 Å². The van der Waals surface area contributed by atoms with Crippen LogP contribution in [0.25, 0.3) is 0 Å². The van der Waals surface area contributed by atoms with E-state index >= 15 is 0 Å². The minimum absolute atomic E-state index is 0.248. The van der Waals surface area contributed by atoms with Gasteiger partial charge in [0.15, 0.2) is 0 Å². The third-order valence-corrected chi connectivity index (χ3v) is 3.66. The van der Waals surface area contributed by atoms with E-state index < -0.39 is 0 Å². The first-order valence-corrected chi connectivity index (χ1v) is 8.29. The number of nitrogens with zero attached hydrogens (tertiary/aromatic N) is 1. The summed E-state index contributed by atoms with van der Waals surface area (Å²) in [4.78, 5) is 13.9. The van der Waals surface area contributed by atoms with Gasteiger partial charge in [0.1, 0.15) is 0 Å². The Hall–Kier alpha value is -0.530. The molecule has 2 heteroatoms. The topological polar surface area (TPSA) is 20.3 Å². The van der Waals surface area contributed by atoms with Crippen molar-refractivity contribution >= 4 is 5.91 Å². The zero-order valence-corrected chi connectivity index (χ0v) is 15.0. The maximum absolute atomic E-state index is 12.0. The van der Waals surface area contributed by atoms with Gasteiger partial charge in [-0.25, -0.2) is 0 Å². The molecule has 0 rings (SSSR count). The van der Waals surface area contributed by atoms with E-state index in [0.717, 1.165) is 13.0 Å². The van der Waals surface area contributed by atoms with Crippen molar-refractivity contribution < 1.29 is 4.79 Å². The number of carbonyl (C=O) groups excluding carboxylic acids is 1. The lowest BCUT2D eigenvalue weighted by molar-refractivity contribution is -0.138. The van der Waals surface area contributed by atoms with Crippen molar-refractivity contribution in [3.05, 3.63) is 0 Å². The summed E-state index contributed by atoms with van der Waals surface area (Å²) >= 11 is 0. The number of hydrogen-bond donors (Lipinski definition) is 0. The molecule has 0 aromatic heterocycles. The normalized spacial score (nSPS) is 12.6. The van der Waals surface area contributed by atoms with Gasteiger partial charge < -0.3 is 4.90 Å². The number of hydrogen-bond acceptors (Lipinski definition) is 1. The van der Waals surface area contributed by atoms with E-state index in [-0.39, 0.29) is 11.3 Å². The van der Waals surface area contributed by atoms with Crippen LogP contribution in [-0.4, -0.2) is 24.4 Å². The van der Waals surface area contributed by atoms with Gasteiger partial charge >= 0.3 is 0 Å². The van der Waals surface area contributed by atoms with Crippen LogP contribution in [0.2, 0.25) is 0 Å². The van der Waals surface area contributed by atoms with Crippen molar-refractivity contribution in [2.24, 2.45) is 10.8 Å². The standard InChI is InChI=1S/C18H37NO/c1-17(2,3)14-12-10-8-9-11-13-15-19(7)16(20)18(4,5)6/h8-15H2,1-7H3. The summed E-state index contributed by atoms with van der Waals surface area (Å²) in [7, 11) is 1.93. The minimum atomic E-state index is -0.248. The molecule has 0 unspecified atom stereocenters. The van der Waals surface area contributed by atoms with E-state index in [9.17, 15) is 4.79 Å². The zero-order valence-electron chi connectivity index (χ0n) is 15.0. The van der Waals surface area contributed by atoms with Crippen LogP contribution in [0, 0.1) is 10.8 Å². The average Bonchev–Trinajstić information content (AvgIpc) is 2.28. The molecule has 0 aromatic carbocycles. The maximum atomic E-state index is 12.0. The number of unbranched alkanes of at least 4 members (excludes halogenated alkanes) is 5. The Bertz CT molecular complexity index is 270. The van der Waals surface area contributed by atoms with E-state index in [2.05, 4.69) is 20.8 Å². The predicted molar refractivity (Wildman–Crippen MR) is 88.9 cm³/mol. The maximum Gasteiger partial charge on any atom is 0.227 e. The highest BCUT2D eigenvalue weighted by atomic mass is 16.2. The highest BCUT2D eigenvalue weighted by Gasteiger charge is 2.24. The van der Waals surface area contributed by atoms with Gasteiger partial charge in [0.25, 0.3) is 0 Å². The van der Waals surface area contributed by atoms with Crippen LogP contribution < -0.4 is 0 Å². The van der Waals surface area contributed by atoms with Crippen molar-refractivity contribution in [2.45, 2.75) is 86.5 Å². The van der Waals surface area contributed by atoms with Crippen molar-refractivity contribution in [1.82, 2.24) is 4.90 Å². The monoisotopic (exact) mass is 283 g/mol. The van der Waals surface area contributed by atoms with Gasteiger partial charge in [0, 0.05) is 19.0 Å². The largest absolute Gasteiger partial charge is 0.345 e. The Balaban J connectivity index is 3.52. The first-order chi connectivity index (χ1) is 9.04. The molecule has 2 nitrogen and oxygen atoms in total. The molecule has 0 aliphatic rings. The molecule has 0 spiro atoms. The van der Waals surface area contributed by atoms with Gasteiger partial charge in [-0.15, -0.1) is 0 Å². The summed E-state index contributed by atoms with van der Waals surface area (Å²) in [6.07, 6.45) is 9.07. The van der Waals surface area contributed by atoms with Gasteiger partial charge in [-0.05, 0) is 18.3 Å². The van der Waals surface area contributed by atoms with Crippen molar-refractivity contribution in [3.63, 3.8) is 0 Å². The van der Waals surface area contributed by atoms with Crippen LogP contribution in [0.15, 0.2) is 0 Å². The summed E-state index contributed by atoms with van der Waals surface area (Å²) in [5, 5.41) is 0. The fourth-order valence-corrected chi connectivity index (χ4v) is 2.39. The van der Waals surface area contributed by atoms with Gasteiger partial charge in [-0.1, -0.05) is 73.6 Å². The average molecular weight is 284 g/mol. The molecular formula is C18H37NO. The summed E-state index contributed by atoms with van der Waals surface area (Å²) in [5.41, 5.74) is 0.234. The Kier molecular flexibility index (Phi) is 8.46. The first kappa shape index (κ1) is 19.5. The lowest BCUT2D eigenvalue weighted by atomic mass is 9.89. The molecule has 0 N–H and O–H groups in total. The molecule has 0 aromatic rings. The number of carbonyl (C=O) groups is 1. The number of rotatable bonds is 8. The van der Waals surface area contributed by atoms with Crippen molar-refractivity contribution in [2.75, 3.05) is 13.6 Å². The van der Waals surface area contributed by atoms with Crippen LogP contribution in [0.1, 0.15) is 86.5 Å². The molecule has 0 radical (unpaired) electrons. The summed E-state index contributed by atoms with van der Waals surface area (Å²) < 4.78 is 0. The van der Waals surface area contributed by atoms with Crippen LogP contribution in [0.5, 0.6) is 0 Å². The third-order valence-electron chi connectivity index (χ3n) is 3.66. The second-order valence-electron chi connectivity index (χ2n) is 8.41. The molecule has 0 bridgehead atoms. The summed E-state index contributed by atoms with van der Waals surface area (Å²) in [5.74, 6) is 0.252. The van der Waals surface area contributed by atoms with Crippen LogP contribution in [-0.2, 0) is 4.79 Å². The summed E-state index contributed by atoms with van der Waals surface area (Å²) in [6, 6.07) is 0. The molecule has 20 heavy (non-hydrogen) atoms. The third kappa shape index (κ3) is 10.3. The molecule has 0 saturated carbocycles. The fraction of sp³-hybridized carbons (Fsp3) is 0.944. The molecule has 0 aliphatic carbocycles. The van der Waals surface area contributed by atoms with E-state index in [1.807, 2.05) is 32.7 Å².